The maximum Gasteiger partial charge on any atom is 0.191 e. The Morgan fingerprint density at radius 3 is 2.80 bits per heavy atom. The van der Waals surface area contributed by atoms with Crippen LogP contribution in [0.3, 0.4) is 0 Å². The van der Waals surface area contributed by atoms with Gasteiger partial charge in [0.05, 0.1) is 20.2 Å². The zero-order chi connectivity index (χ0) is 18.3. The molecule has 1 atom stereocenters. The van der Waals surface area contributed by atoms with Crippen LogP contribution >= 0.6 is 27.3 Å². The molecule has 0 fully saturated rings. The van der Waals surface area contributed by atoms with Crippen molar-refractivity contribution in [2.75, 3.05) is 20.2 Å². The molecule has 1 aromatic heterocycles. The second-order valence-corrected chi connectivity index (χ2v) is 7.49. The van der Waals surface area contributed by atoms with Crippen molar-refractivity contribution in [1.82, 2.24) is 10.6 Å². The average Bonchev–Trinajstić information content (AvgIpc) is 3.13. The highest BCUT2D eigenvalue weighted by molar-refractivity contribution is 9.10. The minimum Gasteiger partial charge on any atom is -0.496 e. The topological polar surface area (TPSA) is 65.9 Å². The van der Waals surface area contributed by atoms with Gasteiger partial charge in [-0.3, -0.25) is 0 Å². The number of aliphatic hydroxyl groups is 1. The second-order valence-electron chi connectivity index (χ2n) is 5.79. The van der Waals surface area contributed by atoms with Crippen molar-refractivity contribution >= 4 is 33.2 Å². The van der Waals surface area contributed by atoms with Gasteiger partial charge in [-0.05, 0) is 54.4 Å². The van der Waals surface area contributed by atoms with E-state index in [1.807, 2.05) is 41.9 Å². The van der Waals surface area contributed by atoms with Gasteiger partial charge in [0.2, 0.25) is 0 Å². The fraction of sp³-hybridized carbons (Fsp3) is 0.389. The minimum atomic E-state index is -0.955. The number of thiophene rings is 1. The van der Waals surface area contributed by atoms with Gasteiger partial charge >= 0.3 is 0 Å². The molecule has 2 rings (SSSR count). The fourth-order valence-corrected chi connectivity index (χ4v) is 3.50. The molecule has 0 aliphatic rings. The largest absolute Gasteiger partial charge is 0.496 e. The lowest BCUT2D eigenvalue weighted by Crippen LogP contribution is -2.44. The third kappa shape index (κ3) is 5.73. The van der Waals surface area contributed by atoms with E-state index in [4.69, 9.17) is 4.74 Å². The van der Waals surface area contributed by atoms with Crippen molar-refractivity contribution in [1.29, 1.82) is 0 Å². The normalized spacial score (nSPS) is 14.0. The first-order chi connectivity index (χ1) is 12.0. The van der Waals surface area contributed by atoms with Gasteiger partial charge in [-0.2, -0.15) is 11.3 Å². The van der Waals surface area contributed by atoms with Gasteiger partial charge in [0.1, 0.15) is 11.4 Å². The third-order valence-corrected chi connectivity index (χ3v) is 4.91. The molecule has 0 aliphatic heterocycles. The van der Waals surface area contributed by atoms with Crippen LogP contribution in [-0.4, -0.2) is 31.3 Å². The predicted octanol–water partition coefficient (Wildman–Crippen LogP) is 3.48. The monoisotopic (exact) mass is 425 g/mol. The van der Waals surface area contributed by atoms with Crippen molar-refractivity contribution < 1.29 is 9.84 Å². The van der Waals surface area contributed by atoms with Gasteiger partial charge < -0.3 is 20.5 Å². The van der Waals surface area contributed by atoms with Crippen molar-refractivity contribution in [3.63, 3.8) is 0 Å². The van der Waals surface area contributed by atoms with Crippen molar-refractivity contribution in [2.45, 2.75) is 26.0 Å². The van der Waals surface area contributed by atoms with Gasteiger partial charge in [-0.1, -0.05) is 15.9 Å². The molecule has 0 bridgehead atoms. The zero-order valence-electron chi connectivity index (χ0n) is 14.7. The van der Waals surface area contributed by atoms with Crippen LogP contribution in [0.25, 0.3) is 0 Å². The number of guanidine groups is 1. The van der Waals surface area contributed by atoms with Gasteiger partial charge in [0, 0.05) is 16.6 Å². The Morgan fingerprint density at radius 2 is 2.16 bits per heavy atom. The van der Waals surface area contributed by atoms with Gasteiger partial charge in [0.15, 0.2) is 5.96 Å². The van der Waals surface area contributed by atoms with Crippen LogP contribution in [0.5, 0.6) is 5.75 Å². The van der Waals surface area contributed by atoms with E-state index in [0.29, 0.717) is 19.0 Å². The summed E-state index contributed by atoms with van der Waals surface area (Å²) in [7, 11) is 1.65. The first-order valence-corrected chi connectivity index (χ1v) is 9.79. The zero-order valence-corrected chi connectivity index (χ0v) is 17.1. The number of aliphatic imine (C=N–C) groups is 1. The number of nitrogens with zero attached hydrogens (tertiary/aromatic N) is 1. The molecule has 3 N–H and O–H groups in total. The summed E-state index contributed by atoms with van der Waals surface area (Å²) in [6, 6.07) is 7.78. The lowest BCUT2D eigenvalue weighted by atomic mass is 9.99. The number of halogens is 1. The van der Waals surface area contributed by atoms with Crippen LogP contribution in [0.4, 0.5) is 0 Å². The Balaban J connectivity index is 2.07. The summed E-state index contributed by atoms with van der Waals surface area (Å²) in [5.41, 5.74) is 0.928. The lowest BCUT2D eigenvalue weighted by Gasteiger charge is -2.24. The molecule has 25 heavy (non-hydrogen) atoms. The standard InChI is InChI=1S/C18H24BrN3O2S/c1-4-20-17(22-12-18(2,23)14-7-8-25-11-14)21-10-13-9-15(19)5-6-16(13)24-3/h5-9,11,23H,4,10,12H2,1-3H3,(H2,20,21,22). The number of methoxy groups -OCH3 is 1. The Bertz CT molecular complexity index is 702. The second kappa shape index (κ2) is 9.22. The average molecular weight is 426 g/mol. The lowest BCUT2D eigenvalue weighted by molar-refractivity contribution is 0.0621. The molecule has 0 aliphatic carbocycles. The number of ether oxygens (including phenoxy) is 1. The Labute approximate surface area is 161 Å². The molecule has 0 saturated heterocycles. The molecule has 0 saturated carbocycles. The van der Waals surface area contributed by atoms with E-state index in [-0.39, 0.29) is 0 Å². The number of hydrogen-bond donors (Lipinski definition) is 3. The Morgan fingerprint density at radius 1 is 1.36 bits per heavy atom. The van der Waals surface area contributed by atoms with E-state index in [0.717, 1.165) is 27.9 Å². The van der Waals surface area contributed by atoms with E-state index < -0.39 is 5.60 Å². The molecule has 5 nitrogen and oxygen atoms in total. The molecule has 2 aromatic rings. The third-order valence-electron chi connectivity index (χ3n) is 3.74. The highest BCUT2D eigenvalue weighted by atomic mass is 79.9. The first kappa shape index (κ1) is 19.8. The number of benzene rings is 1. The highest BCUT2D eigenvalue weighted by Crippen LogP contribution is 2.24. The molecule has 0 radical (unpaired) electrons. The summed E-state index contributed by atoms with van der Waals surface area (Å²) in [4.78, 5) is 4.60. The summed E-state index contributed by atoms with van der Waals surface area (Å²) in [6.07, 6.45) is 0. The predicted molar refractivity (Wildman–Crippen MR) is 107 cm³/mol. The Kier molecular flexibility index (Phi) is 7.28. The van der Waals surface area contributed by atoms with Crippen molar-refractivity contribution in [3.05, 3.63) is 50.6 Å². The van der Waals surface area contributed by atoms with Crippen LogP contribution in [-0.2, 0) is 12.1 Å². The van der Waals surface area contributed by atoms with E-state index in [1.54, 1.807) is 25.4 Å². The number of rotatable bonds is 7. The molecule has 0 amide bonds. The van der Waals surface area contributed by atoms with Crippen LogP contribution in [0.1, 0.15) is 25.0 Å². The van der Waals surface area contributed by atoms with E-state index in [2.05, 4.69) is 31.6 Å². The molecule has 7 heteroatoms. The van der Waals surface area contributed by atoms with Gasteiger partial charge in [-0.25, -0.2) is 4.99 Å². The van der Waals surface area contributed by atoms with Gasteiger partial charge in [0.25, 0.3) is 0 Å². The smallest absolute Gasteiger partial charge is 0.191 e. The first-order valence-electron chi connectivity index (χ1n) is 8.06. The molecule has 1 heterocycles. The molecular formula is C18H24BrN3O2S. The van der Waals surface area contributed by atoms with Crippen LogP contribution in [0.2, 0.25) is 0 Å². The summed E-state index contributed by atoms with van der Waals surface area (Å²) in [5.74, 6) is 1.45. The molecule has 136 valence electrons. The molecule has 1 unspecified atom stereocenters. The van der Waals surface area contributed by atoms with Crippen LogP contribution in [0, 0.1) is 0 Å². The minimum absolute atomic E-state index is 0.366. The maximum atomic E-state index is 10.6. The van der Waals surface area contributed by atoms with E-state index >= 15 is 0 Å². The molecule has 1 aromatic carbocycles. The van der Waals surface area contributed by atoms with Crippen molar-refractivity contribution in [2.24, 2.45) is 4.99 Å². The summed E-state index contributed by atoms with van der Waals surface area (Å²) in [5, 5.41) is 21.0. The van der Waals surface area contributed by atoms with E-state index in [1.165, 1.54) is 0 Å². The number of nitrogens with one attached hydrogen (secondary N) is 2. The SMILES string of the molecule is CCNC(=NCc1cc(Br)ccc1OC)NCC(C)(O)c1ccsc1. The van der Waals surface area contributed by atoms with Crippen LogP contribution in [0.15, 0.2) is 44.5 Å². The summed E-state index contributed by atoms with van der Waals surface area (Å²) >= 11 is 5.05. The Hall–Kier alpha value is -1.57. The summed E-state index contributed by atoms with van der Waals surface area (Å²) in [6.45, 7) is 5.38. The van der Waals surface area contributed by atoms with Crippen molar-refractivity contribution in [3.8, 4) is 5.75 Å². The fourth-order valence-electron chi connectivity index (χ4n) is 2.31. The summed E-state index contributed by atoms with van der Waals surface area (Å²) < 4.78 is 6.37. The molecular weight excluding hydrogens is 402 g/mol. The highest BCUT2D eigenvalue weighted by Gasteiger charge is 2.23. The molecule has 0 spiro atoms. The maximum absolute atomic E-state index is 10.6. The quantitative estimate of drug-likeness (QED) is 0.469. The van der Waals surface area contributed by atoms with Gasteiger partial charge in [-0.15, -0.1) is 0 Å². The van der Waals surface area contributed by atoms with Crippen LogP contribution < -0.4 is 15.4 Å². The van der Waals surface area contributed by atoms with E-state index in [9.17, 15) is 5.11 Å². The number of hydrogen-bond acceptors (Lipinski definition) is 4.